The Bertz CT molecular complexity index is 88.4. The molecule has 0 heterocycles. The first-order valence-corrected chi connectivity index (χ1v) is 4.30. The van der Waals surface area contributed by atoms with Crippen LogP contribution in [-0.2, 0) is 0 Å². The molecule has 0 atom stereocenters. The van der Waals surface area contributed by atoms with E-state index in [0.29, 0.717) is 0 Å². The van der Waals surface area contributed by atoms with Crippen LogP contribution in [0.4, 0.5) is 0 Å². The minimum absolute atomic E-state index is 0.848. The molecule has 0 aromatic rings. The van der Waals surface area contributed by atoms with Gasteiger partial charge in [-0.2, -0.15) is 0 Å². The summed E-state index contributed by atoms with van der Waals surface area (Å²) in [5.41, 5.74) is 0. The van der Waals surface area contributed by atoms with Crippen molar-refractivity contribution in [2.24, 2.45) is 4.99 Å². The number of unbranched alkanes of at least 4 members (excludes halogenated alkanes) is 1. The summed E-state index contributed by atoms with van der Waals surface area (Å²) >= 11 is 6.93. The molecule has 0 rings (SSSR count). The van der Waals surface area contributed by atoms with Gasteiger partial charge in [0, 0.05) is 0 Å². The molecule has 0 aliphatic carbocycles. The molecule has 0 saturated heterocycles. The molecule has 3 heteroatoms. The van der Waals surface area contributed by atoms with E-state index in [1.165, 1.54) is 11.7 Å². The van der Waals surface area contributed by atoms with Crippen LogP contribution in [0, 0.1) is 0 Å². The molecule has 0 fully saturated rings. The van der Waals surface area contributed by atoms with Crippen molar-refractivity contribution in [2.75, 3.05) is 6.54 Å². The zero-order valence-corrected chi connectivity index (χ0v) is 7.32. The van der Waals surface area contributed by atoms with Crippen molar-refractivity contribution in [1.29, 1.82) is 0 Å². The zero-order chi connectivity index (χ0) is 6.24. The first-order chi connectivity index (χ1) is 3.91. The quantitative estimate of drug-likeness (QED) is 0.283. The van der Waals surface area contributed by atoms with Gasteiger partial charge in [-0.25, -0.2) is 0 Å². The molecule has 0 aliphatic rings. The summed E-state index contributed by atoms with van der Waals surface area (Å²) in [6, 6.07) is 0. The van der Waals surface area contributed by atoms with Crippen LogP contribution in [0.1, 0.15) is 12.8 Å². The molecule has 0 radical (unpaired) electrons. The van der Waals surface area contributed by atoms with Gasteiger partial charge in [0.15, 0.2) is 0 Å². The first-order valence-electron chi connectivity index (χ1n) is 2.56. The summed E-state index contributed by atoms with van der Waals surface area (Å²) in [6.45, 7) is 0.848. The Morgan fingerprint density at radius 2 is 2.25 bits per heavy atom. The fraction of sp³-hybridized carbons (Fsp3) is 0.800. The summed E-state index contributed by atoms with van der Waals surface area (Å²) in [7, 11) is 0. The molecule has 0 bridgehead atoms. The molecule has 0 amide bonds. The van der Waals surface area contributed by atoms with E-state index in [1.807, 2.05) is 0 Å². The number of hydrogen-bond donors (Lipinski definition) is 0. The van der Waals surface area contributed by atoms with Crippen molar-refractivity contribution in [2.45, 2.75) is 18.2 Å². The number of hydrogen-bond acceptors (Lipinski definition) is 2. The monoisotopic (exact) mass is 195 g/mol. The predicted molar refractivity (Wildman–Crippen MR) is 41.1 cm³/mol. The Morgan fingerprint density at radius 1 is 1.50 bits per heavy atom. The van der Waals surface area contributed by atoms with E-state index in [2.05, 4.69) is 38.4 Å². The van der Waals surface area contributed by atoms with Crippen molar-refractivity contribution in [1.82, 2.24) is 0 Å². The van der Waals surface area contributed by atoms with Crippen molar-refractivity contribution in [3.63, 3.8) is 0 Å². The third-order valence-electron chi connectivity index (χ3n) is 0.743. The summed E-state index contributed by atoms with van der Waals surface area (Å²) in [5.74, 6) is 0. The third-order valence-corrected chi connectivity index (χ3v) is 1.54. The van der Waals surface area contributed by atoms with Crippen LogP contribution >= 0.6 is 12.2 Å². The second-order valence-electron chi connectivity index (χ2n) is 1.40. The van der Waals surface area contributed by atoms with Gasteiger partial charge in [0.2, 0.25) is 0 Å². The van der Waals surface area contributed by atoms with E-state index >= 15 is 0 Å². The molecule has 0 aliphatic heterocycles. The van der Waals surface area contributed by atoms with Crippen molar-refractivity contribution in [3.8, 4) is 0 Å². The van der Waals surface area contributed by atoms with Crippen LogP contribution in [0.3, 0.4) is 0 Å². The van der Waals surface area contributed by atoms with Crippen LogP contribution in [-0.4, -0.2) is 27.7 Å². The van der Waals surface area contributed by atoms with Crippen LogP contribution in [0.5, 0.6) is 0 Å². The molecule has 1 nitrogen and oxygen atoms in total. The summed E-state index contributed by atoms with van der Waals surface area (Å²) in [6.07, 6.45) is 2.36. The van der Waals surface area contributed by atoms with Gasteiger partial charge in [0.25, 0.3) is 0 Å². The number of thiocarbonyl (C=S) groups is 1. The topological polar surface area (TPSA) is 12.4 Å². The minimum atomic E-state index is 0.848. The summed E-state index contributed by atoms with van der Waals surface area (Å²) in [5, 5.41) is 3.51. The molecule has 0 spiro atoms. The zero-order valence-electron chi connectivity index (χ0n) is 4.63. The average Bonchev–Trinajstić information content (AvgIpc) is 1.81. The van der Waals surface area contributed by atoms with Crippen molar-refractivity contribution >= 4 is 33.4 Å². The average molecular weight is 194 g/mol. The first kappa shape index (κ1) is 8.32. The molecule has 0 unspecified atom stereocenters. The van der Waals surface area contributed by atoms with Gasteiger partial charge in [-0.1, -0.05) is 0 Å². The Morgan fingerprint density at radius 3 is 2.75 bits per heavy atom. The van der Waals surface area contributed by atoms with E-state index in [4.69, 9.17) is 0 Å². The summed E-state index contributed by atoms with van der Waals surface area (Å²) < 4.78 is 0. The summed E-state index contributed by atoms with van der Waals surface area (Å²) in [4.78, 5) is 3.77. The van der Waals surface area contributed by atoms with Crippen LogP contribution in [0.25, 0.3) is 0 Å². The predicted octanol–water partition coefficient (Wildman–Crippen LogP) is 1.19. The van der Waals surface area contributed by atoms with Gasteiger partial charge < -0.3 is 0 Å². The Kier molecular flexibility index (Phi) is 7.61. The van der Waals surface area contributed by atoms with Gasteiger partial charge in [-0.3, -0.25) is 0 Å². The number of isothiocyanates is 1. The molecule has 46 valence electrons. The SMILES string of the molecule is S=C=NCCCC[SeH]. The van der Waals surface area contributed by atoms with Gasteiger partial charge in [-0.15, -0.1) is 0 Å². The Labute approximate surface area is 63.4 Å². The van der Waals surface area contributed by atoms with Crippen LogP contribution in [0.15, 0.2) is 4.99 Å². The number of nitrogens with zero attached hydrogens (tertiary/aromatic N) is 1. The number of aliphatic imine (C=N–C) groups is 1. The fourth-order valence-corrected chi connectivity index (χ4v) is 0.909. The van der Waals surface area contributed by atoms with E-state index in [9.17, 15) is 0 Å². The van der Waals surface area contributed by atoms with E-state index in [0.717, 1.165) is 13.0 Å². The second kappa shape index (κ2) is 7.32. The van der Waals surface area contributed by atoms with E-state index in [1.54, 1.807) is 0 Å². The maximum absolute atomic E-state index is 4.38. The third kappa shape index (κ3) is 6.32. The fourth-order valence-electron chi connectivity index (χ4n) is 0.348. The van der Waals surface area contributed by atoms with Crippen LogP contribution < -0.4 is 0 Å². The van der Waals surface area contributed by atoms with Crippen molar-refractivity contribution in [3.05, 3.63) is 0 Å². The molecule has 8 heavy (non-hydrogen) atoms. The van der Waals surface area contributed by atoms with Gasteiger partial charge in [0.1, 0.15) is 0 Å². The molecular weight excluding hydrogens is 185 g/mol. The Balaban J connectivity index is 2.82. The Hall–Kier alpha value is 0.319. The second-order valence-corrected chi connectivity index (χ2v) is 2.52. The molecule has 0 aromatic heterocycles. The molecule has 0 saturated carbocycles. The van der Waals surface area contributed by atoms with E-state index in [-0.39, 0.29) is 0 Å². The van der Waals surface area contributed by atoms with Crippen LogP contribution in [0.2, 0.25) is 5.32 Å². The standard InChI is InChI=1S/C5H9NSSe/c7-5-6-3-1-2-4-8/h8H,1-4H2. The molecular formula is C5H9NSSe. The van der Waals surface area contributed by atoms with Crippen molar-refractivity contribution < 1.29 is 0 Å². The number of rotatable bonds is 4. The normalized spacial score (nSPS) is 8.12. The molecule has 0 N–H and O–H groups in total. The molecule has 0 aromatic carbocycles. The van der Waals surface area contributed by atoms with E-state index < -0.39 is 0 Å². The van der Waals surface area contributed by atoms with Gasteiger partial charge >= 0.3 is 63.1 Å². The maximum atomic E-state index is 4.38. The van der Waals surface area contributed by atoms with Gasteiger partial charge in [0.05, 0.1) is 0 Å². The van der Waals surface area contributed by atoms with Gasteiger partial charge in [-0.05, 0) is 0 Å².